The highest BCUT2D eigenvalue weighted by atomic mass is 16.6. The van der Waals surface area contributed by atoms with Crippen LogP contribution in [0.1, 0.15) is 132 Å². The Hall–Kier alpha value is -1.60. The SMILES string of the molecule is CC1(C)CC(OC(=O)C2CCC3CC(C4=COC(C(=O)OC5CC(C)(C)NC(C)(C)C5)CC4)CCC3C2)CC(C)(C)N1. The first-order valence-electron chi connectivity index (χ1n) is 16.8. The summed E-state index contributed by atoms with van der Waals surface area (Å²) in [5.41, 5.74) is 1.18. The molecule has 3 aliphatic heterocycles. The van der Waals surface area contributed by atoms with E-state index in [-0.39, 0.29) is 52.2 Å². The molecule has 5 atom stereocenters. The standard InChI is InChI=1S/C35H58N2O5/c1-32(2)17-27(18-33(3,4)36-32)41-30(38)25-12-11-22-15-24(10-9-23(22)16-25)26-13-14-29(40-21-26)31(39)42-28-19-34(5,6)37-35(7,8)20-28/h21-25,27-29,36-37H,9-20H2,1-8H3. The van der Waals surface area contributed by atoms with E-state index in [0.29, 0.717) is 24.2 Å². The first-order chi connectivity index (χ1) is 19.5. The van der Waals surface area contributed by atoms with Gasteiger partial charge < -0.3 is 24.8 Å². The molecule has 0 aromatic heterocycles. The predicted molar refractivity (Wildman–Crippen MR) is 165 cm³/mol. The normalized spacial score (nSPS) is 36.1. The van der Waals surface area contributed by atoms with E-state index in [4.69, 9.17) is 14.2 Å². The van der Waals surface area contributed by atoms with E-state index >= 15 is 0 Å². The second-order valence-corrected chi connectivity index (χ2v) is 17.1. The average Bonchev–Trinajstić information content (AvgIpc) is 2.84. The summed E-state index contributed by atoms with van der Waals surface area (Å²) in [6.07, 6.45) is 12.8. The van der Waals surface area contributed by atoms with Gasteiger partial charge in [-0.15, -0.1) is 0 Å². The topological polar surface area (TPSA) is 85.9 Å². The Labute approximate surface area is 254 Å². The molecule has 2 N–H and O–H groups in total. The summed E-state index contributed by atoms with van der Waals surface area (Å²) in [4.78, 5) is 26.2. The first kappa shape index (κ1) is 31.8. The number of esters is 2. The maximum absolute atomic E-state index is 13.2. The number of ether oxygens (including phenoxy) is 3. The van der Waals surface area contributed by atoms with E-state index < -0.39 is 6.10 Å². The van der Waals surface area contributed by atoms with Crippen LogP contribution in [-0.2, 0) is 23.8 Å². The van der Waals surface area contributed by atoms with Gasteiger partial charge in [0.15, 0.2) is 6.10 Å². The number of hydrogen-bond acceptors (Lipinski definition) is 7. The number of hydrogen-bond donors (Lipinski definition) is 2. The largest absolute Gasteiger partial charge is 0.486 e. The zero-order valence-corrected chi connectivity index (χ0v) is 27.6. The van der Waals surface area contributed by atoms with E-state index in [2.05, 4.69) is 66.0 Å². The van der Waals surface area contributed by atoms with Crippen LogP contribution in [0, 0.1) is 23.7 Å². The van der Waals surface area contributed by atoms with Gasteiger partial charge in [0.2, 0.25) is 0 Å². The lowest BCUT2D eigenvalue weighted by Crippen LogP contribution is -2.60. The van der Waals surface area contributed by atoms with Crippen LogP contribution < -0.4 is 10.6 Å². The number of carbonyl (C=O) groups is 2. The molecule has 0 radical (unpaired) electrons. The fourth-order valence-corrected chi connectivity index (χ4v) is 9.63. The van der Waals surface area contributed by atoms with Crippen molar-refractivity contribution in [3.05, 3.63) is 11.8 Å². The minimum absolute atomic E-state index is 0.00471. The summed E-state index contributed by atoms with van der Waals surface area (Å²) in [5, 5.41) is 7.33. The van der Waals surface area contributed by atoms with Gasteiger partial charge in [-0.3, -0.25) is 4.79 Å². The molecule has 5 unspecified atom stereocenters. The van der Waals surface area contributed by atoms with Gasteiger partial charge in [-0.1, -0.05) is 0 Å². The van der Waals surface area contributed by atoms with Gasteiger partial charge in [-0.05, 0) is 130 Å². The monoisotopic (exact) mass is 586 g/mol. The lowest BCUT2D eigenvalue weighted by atomic mass is 9.63. The molecule has 3 heterocycles. The van der Waals surface area contributed by atoms with Crippen molar-refractivity contribution in [3.8, 4) is 0 Å². The molecule has 5 aliphatic rings. The van der Waals surface area contributed by atoms with Crippen LogP contribution in [0.3, 0.4) is 0 Å². The Balaban J connectivity index is 1.08. The molecule has 0 spiro atoms. The molecule has 42 heavy (non-hydrogen) atoms. The third-order valence-corrected chi connectivity index (χ3v) is 10.7. The molecule has 2 aliphatic carbocycles. The Morgan fingerprint density at radius 2 is 1.19 bits per heavy atom. The number of piperidine rings is 2. The van der Waals surface area contributed by atoms with Gasteiger partial charge in [0.25, 0.3) is 0 Å². The highest BCUT2D eigenvalue weighted by Gasteiger charge is 2.44. The van der Waals surface area contributed by atoms with Gasteiger partial charge in [0, 0.05) is 47.8 Å². The molecule has 5 rings (SSSR count). The van der Waals surface area contributed by atoms with Gasteiger partial charge in [-0.25, -0.2) is 4.79 Å². The molecule has 2 saturated heterocycles. The summed E-state index contributed by atoms with van der Waals surface area (Å²) in [7, 11) is 0. The molecule has 7 heteroatoms. The van der Waals surface area contributed by atoms with Crippen molar-refractivity contribution in [2.45, 2.75) is 173 Å². The van der Waals surface area contributed by atoms with Crippen LogP contribution in [0.2, 0.25) is 0 Å². The van der Waals surface area contributed by atoms with Gasteiger partial charge in [0.1, 0.15) is 12.2 Å². The Morgan fingerprint density at radius 1 is 0.690 bits per heavy atom. The van der Waals surface area contributed by atoms with Crippen LogP contribution in [0.25, 0.3) is 0 Å². The molecule has 7 nitrogen and oxygen atoms in total. The van der Waals surface area contributed by atoms with Gasteiger partial charge in [0.05, 0.1) is 12.2 Å². The quantitative estimate of drug-likeness (QED) is 0.352. The van der Waals surface area contributed by atoms with Crippen molar-refractivity contribution < 1.29 is 23.8 Å². The number of rotatable bonds is 5. The average molecular weight is 587 g/mol. The van der Waals surface area contributed by atoms with E-state index in [0.717, 1.165) is 64.2 Å². The van der Waals surface area contributed by atoms with Crippen molar-refractivity contribution in [1.82, 2.24) is 10.6 Å². The predicted octanol–water partition coefficient (Wildman–Crippen LogP) is 6.59. The molecule has 2 saturated carbocycles. The zero-order valence-electron chi connectivity index (χ0n) is 27.6. The molecule has 0 aromatic carbocycles. The summed E-state index contributed by atoms with van der Waals surface area (Å²) < 4.78 is 18.1. The first-order valence-corrected chi connectivity index (χ1v) is 16.8. The number of fused-ring (bicyclic) bond motifs is 1. The fraction of sp³-hybridized carbons (Fsp3) is 0.886. The molecule has 0 bridgehead atoms. The second kappa shape index (κ2) is 11.7. The van der Waals surface area contributed by atoms with Crippen LogP contribution in [-0.4, -0.2) is 52.4 Å². The summed E-state index contributed by atoms with van der Waals surface area (Å²) in [6.45, 7) is 17.5. The maximum Gasteiger partial charge on any atom is 0.347 e. The number of allylic oxidation sites excluding steroid dienone is 1. The Bertz CT molecular complexity index is 1010. The smallest absolute Gasteiger partial charge is 0.347 e. The minimum Gasteiger partial charge on any atom is -0.486 e. The lowest BCUT2D eigenvalue weighted by molar-refractivity contribution is -0.165. The molecule has 4 fully saturated rings. The zero-order chi connectivity index (χ0) is 30.5. The molecule has 0 amide bonds. The Kier molecular flexibility index (Phi) is 8.88. The third-order valence-electron chi connectivity index (χ3n) is 10.7. The van der Waals surface area contributed by atoms with E-state index in [1.165, 1.54) is 12.0 Å². The van der Waals surface area contributed by atoms with Crippen molar-refractivity contribution >= 4 is 11.9 Å². The van der Waals surface area contributed by atoms with Gasteiger partial charge >= 0.3 is 11.9 Å². The van der Waals surface area contributed by atoms with Gasteiger partial charge in [-0.2, -0.15) is 0 Å². The molecule has 0 aromatic rings. The molecular weight excluding hydrogens is 528 g/mol. The summed E-state index contributed by atoms with van der Waals surface area (Å²) >= 11 is 0. The van der Waals surface area contributed by atoms with Crippen molar-refractivity contribution in [3.63, 3.8) is 0 Å². The summed E-state index contributed by atoms with van der Waals surface area (Å²) in [5.74, 6) is 1.67. The van der Waals surface area contributed by atoms with Crippen LogP contribution in [0.15, 0.2) is 11.8 Å². The van der Waals surface area contributed by atoms with Crippen molar-refractivity contribution in [2.75, 3.05) is 0 Å². The van der Waals surface area contributed by atoms with Crippen LogP contribution in [0.5, 0.6) is 0 Å². The van der Waals surface area contributed by atoms with E-state index in [1.54, 1.807) is 0 Å². The Morgan fingerprint density at radius 3 is 1.71 bits per heavy atom. The highest BCUT2D eigenvalue weighted by molar-refractivity contribution is 5.75. The van der Waals surface area contributed by atoms with Crippen LogP contribution >= 0.6 is 0 Å². The van der Waals surface area contributed by atoms with Crippen molar-refractivity contribution in [2.24, 2.45) is 23.7 Å². The number of nitrogens with one attached hydrogen (secondary N) is 2. The van der Waals surface area contributed by atoms with Crippen LogP contribution in [0.4, 0.5) is 0 Å². The van der Waals surface area contributed by atoms with E-state index in [9.17, 15) is 9.59 Å². The maximum atomic E-state index is 13.2. The minimum atomic E-state index is -0.497. The second-order valence-electron chi connectivity index (χ2n) is 17.1. The number of carbonyl (C=O) groups excluding carboxylic acids is 2. The fourth-order valence-electron chi connectivity index (χ4n) is 9.63. The molecular formula is C35H58N2O5. The lowest BCUT2D eigenvalue weighted by Gasteiger charge is -2.46. The molecule has 238 valence electrons. The summed E-state index contributed by atoms with van der Waals surface area (Å²) in [6, 6.07) is 0. The third kappa shape index (κ3) is 7.91. The van der Waals surface area contributed by atoms with Crippen molar-refractivity contribution in [1.29, 1.82) is 0 Å². The van der Waals surface area contributed by atoms with E-state index in [1.807, 2.05) is 6.26 Å². The highest BCUT2D eigenvalue weighted by Crippen LogP contribution is 2.48.